The van der Waals surface area contributed by atoms with Crippen LogP contribution in [0.15, 0.2) is 40.2 Å². The minimum atomic E-state index is -0.360. The highest BCUT2D eigenvalue weighted by Gasteiger charge is 2.18. The van der Waals surface area contributed by atoms with Gasteiger partial charge >= 0.3 is 0 Å². The molecule has 5 nitrogen and oxygen atoms in total. The van der Waals surface area contributed by atoms with Crippen molar-refractivity contribution in [1.29, 1.82) is 0 Å². The number of nitro benzene ring substituents is 1. The van der Waals surface area contributed by atoms with Gasteiger partial charge in [-0.2, -0.15) is 0 Å². The topological polar surface area (TPSA) is 49.6 Å². The van der Waals surface area contributed by atoms with Crippen molar-refractivity contribution in [1.82, 2.24) is 4.90 Å². The van der Waals surface area contributed by atoms with Crippen LogP contribution >= 0.6 is 27.3 Å². The van der Waals surface area contributed by atoms with Crippen molar-refractivity contribution >= 4 is 38.6 Å². The monoisotopic (exact) mass is 381 g/mol. The van der Waals surface area contributed by atoms with Gasteiger partial charge in [-0.25, -0.2) is 0 Å². The predicted molar refractivity (Wildman–Crippen MR) is 92.6 cm³/mol. The van der Waals surface area contributed by atoms with Crippen LogP contribution < -0.4 is 4.90 Å². The summed E-state index contributed by atoms with van der Waals surface area (Å²) in [5.74, 6) is 0. The molecule has 1 aromatic heterocycles. The first kappa shape index (κ1) is 15.5. The van der Waals surface area contributed by atoms with Gasteiger partial charge in [-0.15, -0.1) is 11.3 Å². The molecule has 1 aromatic carbocycles. The molecule has 0 spiro atoms. The Morgan fingerprint density at radius 3 is 2.41 bits per heavy atom. The molecule has 116 valence electrons. The van der Waals surface area contributed by atoms with E-state index in [1.54, 1.807) is 23.5 Å². The second-order valence-corrected chi connectivity index (χ2v) is 7.18. The Balaban J connectivity index is 1.56. The van der Waals surface area contributed by atoms with Crippen LogP contribution in [-0.4, -0.2) is 36.0 Å². The number of halogens is 1. The maximum Gasteiger partial charge on any atom is 0.269 e. The number of rotatable bonds is 4. The van der Waals surface area contributed by atoms with Crippen LogP contribution in [0.2, 0.25) is 0 Å². The van der Waals surface area contributed by atoms with Crippen LogP contribution in [0.1, 0.15) is 4.88 Å². The fourth-order valence-corrected chi connectivity index (χ4v) is 4.10. The first-order valence-electron chi connectivity index (χ1n) is 7.06. The van der Waals surface area contributed by atoms with E-state index in [0.29, 0.717) is 0 Å². The van der Waals surface area contributed by atoms with E-state index in [4.69, 9.17) is 0 Å². The molecular formula is C15H16BrN3O2S. The van der Waals surface area contributed by atoms with Crippen LogP contribution in [-0.2, 0) is 6.54 Å². The van der Waals surface area contributed by atoms with Crippen LogP contribution in [0, 0.1) is 10.1 Å². The number of piperazine rings is 1. The molecule has 2 aromatic rings. The fraction of sp³-hybridized carbons (Fsp3) is 0.333. The summed E-state index contributed by atoms with van der Waals surface area (Å²) in [6, 6.07) is 9.00. The summed E-state index contributed by atoms with van der Waals surface area (Å²) in [7, 11) is 0. The number of thiophene rings is 1. The average Bonchev–Trinajstić information content (AvgIpc) is 2.93. The minimum Gasteiger partial charge on any atom is -0.369 e. The molecule has 1 saturated heterocycles. The van der Waals surface area contributed by atoms with Crippen molar-refractivity contribution in [2.24, 2.45) is 0 Å². The average molecular weight is 382 g/mol. The summed E-state index contributed by atoms with van der Waals surface area (Å²) < 4.78 is 1.15. The lowest BCUT2D eigenvalue weighted by Gasteiger charge is -2.35. The summed E-state index contributed by atoms with van der Waals surface area (Å²) in [5.41, 5.74) is 1.20. The second-order valence-electron chi connectivity index (χ2n) is 5.27. The molecule has 2 heterocycles. The Hall–Kier alpha value is -1.44. The van der Waals surface area contributed by atoms with E-state index < -0.39 is 0 Å². The SMILES string of the molecule is O=[N+]([O-])c1ccc(N2CCN(Cc3cc(Br)cs3)CC2)cc1. The van der Waals surface area contributed by atoms with Crippen molar-refractivity contribution < 1.29 is 4.92 Å². The molecule has 1 fully saturated rings. The van der Waals surface area contributed by atoms with Gasteiger partial charge in [0.2, 0.25) is 0 Å². The molecule has 1 aliphatic rings. The van der Waals surface area contributed by atoms with Crippen molar-refractivity contribution in [3.05, 3.63) is 55.2 Å². The van der Waals surface area contributed by atoms with Crippen LogP contribution in [0.25, 0.3) is 0 Å². The normalized spacial score (nSPS) is 16.0. The van der Waals surface area contributed by atoms with E-state index in [-0.39, 0.29) is 10.6 Å². The number of hydrogen-bond acceptors (Lipinski definition) is 5. The highest BCUT2D eigenvalue weighted by Crippen LogP contribution is 2.23. The standard InChI is InChI=1S/C15H16BrN3O2S/c16-12-9-15(22-11-12)10-17-5-7-18(8-6-17)13-1-3-14(4-2-13)19(20)21/h1-4,9,11H,5-8,10H2. The molecule has 0 aliphatic carbocycles. The molecular weight excluding hydrogens is 366 g/mol. The van der Waals surface area contributed by atoms with Crippen molar-refractivity contribution in [2.75, 3.05) is 31.1 Å². The Morgan fingerprint density at radius 1 is 1.18 bits per heavy atom. The van der Waals surface area contributed by atoms with Gasteiger partial charge in [0, 0.05) is 65.3 Å². The summed E-state index contributed by atoms with van der Waals surface area (Å²) in [6.07, 6.45) is 0. The zero-order valence-corrected chi connectivity index (χ0v) is 14.3. The van der Waals surface area contributed by atoms with Crippen molar-refractivity contribution in [3.8, 4) is 0 Å². The quantitative estimate of drug-likeness (QED) is 0.597. The first-order valence-corrected chi connectivity index (χ1v) is 8.74. The number of nitro groups is 1. The third-order valence-electron chi connectivity index (χ3n) is 3.80. The third kappa shape index (κ3) is 3.66. The molecule has 0 radical (unpaired) electrons. The zero-order valence-electron chi connectivity index (χ0n) is 11.9. The number of non-ortho nitro benzene ring substituents is 1. The summed E-state index contributed by atoms with van der Waals surface area (Å²) in [5, 5.41) is 12.8. The lowest BCUT2D eigenvalue weighted by atomic mass is 10.2. The van der Waals surface area contributed by atoms with Gasteiger partial charge < -0.3 is 4.90 Å². The fourth-order valence-electron chi connectivity index (χ4n) is 2.61. The zero-order chi connectivity index (χ0) is 15.5. The Kier molecular flexibility index (Phi) is 4.75. The highest BCUT2D eigenvalue weighted by atomic mass is 79.9. The lowest BCUT2D eigenvalue weighted by Crippen LogP contribution is -2.45. The van der Waals surface area contributed by atoms with Gasteiger partial charge in [0.05, 0.1) is 4.92 Å². The van der Waals surface area contributed by atoms with Crippen LogP contribution in [0.3, 0.4) is 0 Å². The Bertz CT molecular complexity index is 651. The van der Waals surface area contributed by atoms with E-state index >= 15 is 0 Å². The Morgan fingerprint density at radius 2 is 1.86 bits per heavy atom. The highest BCUT2D eigenvalue weighted by molar-refractivity contribution is 9.10. The lowest BCUT2D eigenvalue weighted by molar-refractivity contribution is -0.384. The molecule has 0 atom stereocenters. The van der Waals surface area contributed by atoms with E-state index in [1.807, 2.05) is 12.1 Å². The van der Waals surface area contributed by atoms with Gasteiger partial charge in [-0.05, 0) is 34.1 Å². The van der Waals surface area contributed by atoms with Crippen LogP contribution in [0.4, 0.5) is 11.4 Å². The summed E-state index contributed by atoms with van der Waals surface area (Å²) in [6.45, 7) is 4.90. The van der Waals surface area contributed by atoms with Gasteiger partial charge in [0.25, 0.3) is 5.69 Å². The predicted octanol–water partition coefficient (Wildman–Crippen LogP) is 3.74. The molecule has 0 saturated carbocycles. The Labute approximate surface area is 141 Å². The van der Waals surface area contributed by atoms with Crippen LogP contribution in [0.5, 0.6) is 0 Å². The smallest absolute Gasteiger partial charge is 0.269 e. The molecule has 7 heteroatoms. The van der Waals surface area contributed by atoms with E-state index in [2.05, 4.69) is 37.2 Å². The molecule has 0 N–H and O–H groups in total. The number of nitrogens with zero attached hydrogens (tertiary/aromatic N) is 3. The number of hydrogen-bond donors (Lipinski definition) is 0. The minimum absolute atomic E-state index is 0.144. The number of benzene rings is 1. The van der Waals surface area contributed by atoms with Gasteiger partial charge in [-0.3, -0.25) is 15.0 Å². The summed E-state index contributed by atoms with van der Waals surface area (Å²) in [4.78, 5) is 16.4. The maximum atomic E-state index is 10.7. The third-order valence-corrected chi connectivity index (χ3v) is 5.48. The van der Waals surface area contributed by atoms with E-state index in [9.17, 15) is 10.1 Å². The van der Waals surface area contributed by atoms with E-state index in [0.717, 1.165) is 42.9 Å². The maximum absolute atomic E-state index is 10.7. The molecule has 0 amide bonds. The van der Waals surface area contributed by atoms with Crippen molar-refractivity contribution in [2.45, 2.75) is 6.54 Å². The van der Waals surface area contributed by atoms with Crippen molar-refractivity contribution in [3.63, 3.8) is 0 Å². The molecule has 0 bridgehead atoms. The van der Waals surface area contributed by atoms with Gasteiger partial charge in [0.15, 0.2) is 0 Å². The van der Waals surface area contributed by atoms with Gasteiger partial charge in [0.1, 0.15) is 0 Å². The molecule has 0 unspecified atom stereocenters. The van der Waals surface area contributed by atoms with E-state index in [1.165, 1.54) is 4.88 Å². The van der Waals surface area contributed by atoms with Gasteiger partial charge in [-0.1, -0.05) is 0 Å². The largest absolute Gasteiger partial charge is 0.369 e. The number of anilines is 1. The second kappa shape index (κ2) is 6.76. The molecule has 22 heavy (non-hydrogen) atoms. The first-order chi connectivity index (χ1) is 10.6. The molecule has 3 rings (SSSR count). The summed E-state index contributed by atoms with van der Waals surface area (Å²) >= 11 is 5.27. The molecule has 1 aliphatic heterocycles.